The van der Waals surface area contributed by atoms with Crippen molar-refractivity contribution in [1.29, 1.82) is 0 Å². The van der Waals surface area contributed by atoms with E-state index in [4.69, 9.17) is 5.11 Å². The summed E-state index contributed by atoms with van der Waals surface area (Å²) in [7, 11) is 0. The number of rotatable bonds is 5. The number of hydrogen-bond acceptors (Lipinski definition) is 2. The predicted octanol–water partition coefficient (Wildman–Crippen LogP) is 2.22. The number of amides is 2. The summed E-state index contributed by atoms with van der Waals surface area (Å²) in [5.74, 6) is -0.933. The SMILES string of the molecule is CC1(CNC(=O)N(CC(=O)O)C2CCCC2)CCC1. The van der Waals surface area contributed by atoms with Gasteiger partial charge in [0.1, 0.15) is 6.54 Å². The zero-order valence-electron chi connectivity index (χ0n) is 11.7. The van der Waals surface area contributed by atoms with Crippen LogP contribution in [0, 0.1) is 5.41 Å². The van der Waals surface area contributed by atoms with Crippen molar-refractivity contribution in [3.05, 3.63) is 0 Å². The van der Waals surface area contributed by atoms with E-state index in [2.05, 4.69) is 12.2 Å². The van der Waals surface area contributed by atoms with Gasteiger partial charge in [0.2, 0.25) is 0 Å². The number of carboxylic acid groups (broad SMARTS) is 1. The molecule has 2 fully saturated rings. The Balaban J connectivity index is 1.88. The summed E-state index contributed by atoms with van der Waals surface area (Å²) < 4.78 is 0. The van der Waals surface area contributed by atoms with Crippen LogP contribution in [0.4, 0.5) is 4.79 Å². The zero-order valence-corrected chi connectivity index (χ0v) is 11.7. The molecule has 2 saturated carbocycles. The lowest BCUT2D eigenvalue weighted by molar-refractivity contribution is -0.138. The van der Waals surface area contributed by atoms with E-state index in [1.807, 2.05) is 0 Å². The van der Waals surface area contributed by atoms with Crippen LogP contribution in [0.2, 0.25) is 0 Å². The van der Waals surface area contributed by atoms with Crippen LogP contribution in [0.5, 0.6) is 0 Å². The van der Waals surface area contributed by atoms with Crippen molar-refractivity contribution >= 4 is 12.0 Å². The van der Waals surface area contributed by atoms with E-state index in [1.165, 1.54) is 11.3 Å². The molecular formula is C14H24N2O3. The van der Waals surface area contributed by atoms with Crippen LogP contribution in [-0.4, -0.2) is 41.1 Å². The van der Waals surface area contributed by atoms with Crippen LogP contribution in [0.25, 0.3) is 0 Å². The molecule has 2 aliphatic rings. The third-order valence-electron chi connectivity index (χ3n) is 4.56. The Morgan fingerprint density at radius 3 is 2.37 bits per heavy atom. The summed E-state index contributed by atoms with van der Waals surface area (Å²) in [6.07, 6.45) is 7.56. The van der Waals surface area contributed by atoms with Crippen molar-refractivity contribution in [1.82, 2.24) is 10.2 Å². The predicted molar refractivity (Wildman–Crippen MR) is 72.0 cm³/mol. The van der Waals surface area contributed by atoms with Gasteiger partial charge in [0.05, 0.1) is 0 Å². The lowest BCUT2D eigenvalue weighted by atomic mass is 9.70. The highest BCUT2D eigenvalue weighted by atomic mass is 16.4. The van der Waals surface area contributed by atoms with Gasteiger partial charge in [-0.25, -0.2) is 4.79 Å². The highest BCUT2D eigenvalue weighted by Gasteiger charge is 2.34. The van der Waals surface area contributed by atoms with Crippen LogP contribution in [-0.2, 0) is 4.79 Å². The number of aliphatic carboxylic acids is 1. The molecule has 0 spiro atoms. The first-order chi connectivity index (χ1) is 9.00. The van der Waals surface area contributed by atoms with Gasteiger partial charge in [0.25, 0.3) is 0 Å². The number of nitrogens with zero attached hydrogens (tertiary/aromatic N) is 1. The number of carboxylic acids is 1. The van der Waals surface area contributed by atoms with Gasteiger partial charge in [-0.15, -0.1) is 0 Å². The normalized spacial score (nSPS) is 21.7. The van der Waals surface area contributed by atoms with Gasteiger partial charge < -0.3 is 15.3 Å². The Labute approximate surface area is 114 Å². The number of urea groups is 1. The quantitative estimate of drug-likeness (QED) is 0.803. The van der Waals surface area contributed by atoms with E-state index < -0.39 is 5.97 Å². The molecule has 0 saturated heterocycles. The largest absolute Gasteiger partial charge is 0.480 e. The van der Waals surface area contributed by atoms with Crippen molar-refractivity contribution in [2.45, 2.75) is 57.9 Å². The Morgan fingerprint density at radius 2 is 1.89 bits per heavy atom. The molecule has 19 heavy (non-hydrogen) atoms. The fraction of sp³-hybridized carbons (Fsp3) is 0.857. The molecule has 0 unspecified atom stereocenters. The smallest absolute Gasteiger partial charge is 0.323 e. The molecule has 0 aromatic carbocycles. The number of hydrogen-bond donors (Lipinski definition) is 2. The summed E-state index contributed by atoms with van der Waals surface area (Å²) in [5.41, 5.74) is 0.222. The van der Waals surface area contributed by atoms with Gasteiger partial charge in [0.15, 0.2) is 0 Å². The second-order valence-electron chi connectivity index (χ2n) is 6.28. The Morgan fingerprint density at radius 1 is 1.26 bits per heavy atom. The molecule has 0 radical (unpaired) electrons. The first-order valence-corrected chi connectivity index (χ1v) is 7.26. The van der Waals surface area contributed by atoms with Crippen LogP contribution in [0.1, 0.15) is 51.9 Å². The van der Waals surface area contributed by atoms with Crippen LogP contribution in [0.3, 0.4) is 0 Å². The number of carbonyl (C=O) groups is 2. The van der Waals surface area contributed by atoms with Crippen molar-refractivity contribution in [3.63, 3.8) is 0 Å². The lowest BCUT2D eigenvalue weighted by Crippen LogP contribution is -2.50. The van der Waals surface area contributed by atoms with E-state index in [0.717, 1.165) is 38.5 Å². The number of carbonyl (C=O) groups excluding carboxylic acids is 1. The van der Waals surface area contributed by atoms with Gasteiger partial charge in [-0.05, 0) is 31.1 Å². The lowest BCUT2D eigenvalue weighted by Gasteiger charge is -2.39. The third kappa shape index (κ3) is 3.61. The van der Waals surface area contributed by atoms with E-state index in [-0.39, 0.29) is 24.0 Å². The molecule has 2 N–H and O–H groups in total. The third-order valence-corrected chi connectivity index (χ3v) is 4.56. The monoisotopic (exact) mass is 268 g/mol. The maximum Gasteiger partial charge on any atom is 0.323 e. The number of nitrogens with one attached hydrogen (secondary N) is 1. The Bertz CT molecular complexity index is 347. The maximum atomic E-state index is 12.2. The first kappa shape index (κ1) is 14.2. The van der Waals surface area contributed by atoms with Gasteiger partial charge in [-0.3, -0.25) is 4.79 Å². The average Bonchev–Trinajstić information content (AvgIpc) is 2.84. The Kier molecular flexibility index (Phi) is 4.32. The van der Waals surface area contributed by atoms with E-state index >= 15 is 0 Å². The molecule has 0 heterocycles. The average molecular weight is 268 g/mol. The van der Waals surface area contributed by atoms with Crippen molar-refractivity contribution in [3.8, 4) is 0 Å². The van der Waals surface area contributed by atoms with Crippen molar-refractivity contribution in [2.24, 2.45) is 5.41 Å². The second-order valence-corrected chi connectivity index (χ2v) is 6.28. The topological polar surface area (TPSA) is 69.6 Å². The zero-order chi connectivity index (χ0) is 13.9. The Hall–Kier alpha value is -1.26. The van der Waals surface area contributed by atoms with Crippen molar-refractivity contribution < 1.29 is 14.7 Å². The summed E-state index contributed by atoms with van der Waals surface area (Å²) in [6.45, 7) is 2.65. The molecule has 2 aliphatic carbocycles. The first-order valence-electron chi connectivity index (χ1n) is 7.26. The van der Waals surface area contributed by atoms with E-state index in [0.29, 0.717) is 6.54 Å². The molecule has 5 nitrogen and oxygen atoms in total. The minimum Gasteiger partial charge on any atom is -0.480 e. The summed E-state index contributed by atoms with van der Waals surface area (Å²) in [5, 5.41) is 11.9. The molecule has 0 aromatic rings. The maximum absolute atomic E-state index is 12.2. The van der Waals surface area contributed by atoms with Gasteiger partial charge in [0, 0.05) is 12.6 Å². The fourth-order valence-corrected chi connectivity index (χ4v) is 3.08. The molecule has 5 heteroatoms. The van der Waals surface area contributed by atoms with Gasteiger partial charge >= 0.3 is 12.0 Å². The highest BCUT2D eigenvalue weighted by Crippen LogP contribution is 2.39. The summed E-state index contributed by atoms with van der Waals surface area (Å²) >= 11 is 0. The van der Waals surface area contributed by atoms with Crippen molar-refractivity contribution in [2.75, 3.05) is 13.1 Å². The molecule has 2 rings (SSSR count). The molecule has 2 amide bonds. The second kappa shape index (κ2) is 5.80. The minimum absolute atomic E-state index is 0.102. The molecule has 0 atom stereocenters. The molecule has 0 aliphatic heterocycles. The molecule has 0 bridgehead atoms. The molecular weight excluding hydrogens is 244 g/mol. The van der Waals surface area contributed by atoms with E-state index in [1.54, 1.807) is 0 Å². The van der Waals surface area contributed by atoms with Crippen LogP contribution < -0.4 is 5.32 Å². The van der Waals surface area contributed by atoms with E-state index in [9.17, 15) is 9.59 Å². The van der Waals surface area contributed by atoms with Crippen LogP contribution >= 0.6 is 0 Å². The molecule has 108 valence electrons. The minimum atomic E-state index is -0.933. The highest BCUT2D eigenvalue weighted by molar-refractivity contribution is 5.80. The summed E-state index contributed by atoms with van der Waals surface area (Å²) in [6, 6.07) is -0.104. The van der Waals surface area contributed by atoms with Crippen LogP contribution in [0.15, 0.2) is 0 Å². The summed E-state index contributed by atoms with van der Waals surface area (Å²) in [4.78, 5) is 24.6. The van der Waals surface area contributed by atoms with Gasteiger partial charge in [-0.1, -0.05) is 26.2 Å². The fourth-order valence-electron chi connectivity index (χ4n) is 3.08. The standard InChI is InChI=1S/C14H24N2O3/c1-14(7-4-8-14)10-15-13(19)16(9-12(17)18)11-5-2-3-6-11/h11H,2-10H2,1H3,(H,15,19)(H,17,18). The molecule has 0 aromatic heterocycles. The van der Waals surface area contributed by atoms with Gasteiger partial charge in [-0.2, -0.15) is 0 Å².